The molecule has 0 aromatic carbocycles. The molecule has 1 N–H and O–H groups in total. The Kier molecular flexibility index (Phi) is 3.49. The number of ether oxygens (including phenoxy) is 1. The molecule has 88 valence electrons. The first-order valence-corrected chi connectivity index (χ1v) is 6.56. The molecular formula is C12H16O3S. The predicted octanol–water partition coefficient (Wildman–Crippen LogP) is 2.90. The highest BCUT2D eigenvalue weighted by Crippen LogP contribution is 2.38. The van der Waals surface area contributed by atoms with E-state index in [0.29, 0.717) is 11.5 Å². The molecule has 4 heteroatoms. The van der Waals surface area contributed by atoms with Gasteiger partial charge in [0.25, 0.3) is 0 Å². The van der Waals surface area contributed by atoms with Crippen LogP contribution in [-0.4, -0.2) is 17.7 Å². The van der Waals surface area contributed by atoms with Crippen LogP contribution in [0.2, 0.25) is 0 Å². The van der Waals surface area contributed by atoms with Crippen molar-refractivity contribution in [2.45, 2.75) is 39.0 Å². The molecule has 0 saturated carbocycles. The molecule has 0 radical (unpaired) electrons. The smallest absolute Gasteiger partial charge is 0.352 e. The molecular weight excluding hydrogens is 224 g/mol. The Labute approximate surface area is 99.1 Å². The first kappa shape index (κ1) is 11.5. The number of rotatable bonds is 2. The molecule has 0 fully saturated rings. The molecule has 1 aliphatic carbocycles. The second kappa shape index (κ2) is 4.87. The monoisotopic (exact) mass is 240 g/mol. The molecule has 1 heterocycles. The molecule has 0 bridgehead atoms. The molecule has 0 spiro atoms. The Morgan fingerprint density at radius 3 is 2.88 bits per heavy atom. The van der Waals surface area contributed by atoms with Crippen molar-refractivity contribution in [1.29, 1.82) is 0 Å². The fourth-order valence-corrected chi connectivity index (χ4v) is 3.24. The van der Waals surface area contributed by atoms with Gasteiger partial charge in [0.2, 0.25) is 0 Å². The van der Waals surface area contributed by atoms with Crippen molar-refractivity contribution in [2.75, 3.05) is 6.61 Å². The largest absolute Gasteiger partial charge is 0.506 e. The Bertz CT molecular complexity index is 395. The maximum absolute atomic E-state index is 11.6. The molecule has 3 nitrogen and oxygen atoms in total. The fourth-order valence-electron chi connectivity index (χ4n) is 2.06. The Hall–Kier alpha value is -1.03. The van der Waals surface area contributed by atoms with Crippen molar-refractivity contribution < 1.29 is 14.6 Å². The highest BCUT2D eigenvalue weighted by molar-refractivity contribution is 7.14. The molecule has 1 aromatic rings. The molecule has 0 aliphatic heterocycles. The third-order valence-electron chi connectivity index (χ3n) is 2.85. The van der Waals surface area contributed by atoms with E-state index in [1.165, 1.54) is 17.8 Å². The van der Waals surface area contributed by atoms with E-state index in [1.807, 2.05) is 0 Å². The summed E-state index contributed by atoms with van der Waals surface area (Å²) >= 11 is 1.40. The van der Waals surface area contributed by atoms with E-state index in [9.17, 15) is 9.90 Å². The first-order valence-electron chi connectivity index (χ1n) is 5.74. The van der Waals surface area contributed by atoms with Gasteiger partial charge in [0.05, 0.1) is 6.61 Å². The molecule has 2 rings (SSSR count). The summed E-state index contributed by atoms with van der Waals surface area (Å²) in [5.74, 6) is -0.224. The molecule has 0 unspecified atom stereocenters. The molecule has 1 aliphatic rings. The van der Waals surface area contributed by atoms with Gasteiger partial charge >= 0.3 is 5.97 Å². The lowest BCUT2D eigenvalue weighted by Crippen LogP contribution is -2.02. The van der Waals surface area contributed by atoms with Crippen molar-refractivity contribution in [3.05, 3.63) is 15.3 Å². The quantitative estimate of drug-likeness (QED) is 0.638. The summed E-state index contributed by atoms with van der Waals surface area (Å²) in [5, 5.41) is 10.0. The lowest BCUT2D eigenvalue weighted by molar-refractivity contribution is 0.0529. The second-order valence-corrected chi connectivity index (χ2v) is 5.07. The van der Waals surface area contributed by atoms with E-state index >= 15 is 0 Å². The van der Waals surface area contributed by atoms with Gasteiger partial charge in [-0.3, -0.25) is 0 Å². The van der Waals surface area contributed by atoms with Gasteiger partial charge in [0.15, 0.2) is 4.88 Å². The number of esters is 1. The minimum absolute atomic E-state index is 0.167. The zero-order valence-electron chi connectivity index (χ0n) is 9.41. The van der Waals surface area contributed by atoms with Gasteiger partial charge in [-0.2, -0.15) is 0 Å². The van der Waals surface area contributed by atoms with Gasteiger partial charge in [-0.25, -0.2) is 4.79 Å². The minimum Gasteiger partial charge on any atom is -0.506 e. The molecule has 0 saturated heterocycles. The summed E-state index contributed by atoms with van der Waals surface area (Å²) in [5.41, 5.74) is 0.977. The topological polar surface area (TPSA) is 46.5 Å². The zero-order valence-corrected chi connectivity index (χ0v) is 10.2. The van der Waals surface area contributed by atoms with Gasteiger partial charge < -0.3 is 9.84 Å². The average Bonchev–Trinajstić information content (AvgIpc) is 2.47. The van der Waals surface area contributed by atoms with Crippen molar-refractivity contribution in [3.8, 4) is 5.75 Å². The van der Waals surface area contributed by atoms with E-state index < -0.39 is 5.97 Å². The summed E-state index contributed by atoms with van der Waals surface area (Å²) < 4.78 is 4.93. The Morgan fingerprint density at radius 2 is 2.12 bits per heavy atom. The summed E-state index contributed by atoms with van der Waals surface area (Å²) in [6.45, 7) is 2.12. The molecule has 1 aromatic heterocycles. The SMILES string of the molecule is CCOC(=O)c1sc2c(c1O)CCCCC2. The highest BCUT2D eigenvalue weighted by atomic mass is 32.1. The van der Waals surface area contributed by atoms with Gasteiger partial charge in [-0.15, -0.1) is 11.3 Å². The van der Waals surface area contributed by atoms with Crippen LogP contribution in [0.3, 0.4) is 0 Å². The van der Waals surface area contributed by atoms with Crippen LogP contribution < -0.4 is 0 Å². The van der Waals surface area contributed by atoms with Crippen molar-refractivity contribution in [3.63, 3.8) is 0 Å². The number of carbonyl (C=O) groups excluding carboxylic acids is 1. The third-order valence-corrected chi connectivity index (χ3v) is 4.12. The number of thiophene rings is 1. The van der Waals surface area contributed by atoms with Crippen LogP contribution in [-0.2, 0) is 17.6 Å². The summed E-state index contributed by atoms with van der Waals surface area (Å²) in [7, 11) is 0. The number of aryl methyl sites for hydroxylation is 1. The third kappa shape index (κ3) is 2.07. The summed E-state index contributed by atoms with van der Waals surface area (Å²) in [6.07, 6.45) is 5.31. The fraction of sp³-hybridized carbons (Fsp3) is 0.583. The van der Waals surface area contributed by atoms with Gasteiger partial charge in [0.1, 0.15) is 5.75 Å². The number of carbonyl (C=O) groups is 1. The first-order chi connectivity index (χ1) is 7.74. The van der Waals surface area contributed by atoms with Crippen molar-refractivity contribution in [2.24, 2.45) is 0 Å². The zero-order chi connectivity index (χ0) is 11.5. The van der Waals surface area contributed by atoms with Crippen LogP contribution >= 0.6 is 11.3 Å². The normalized spacial score (nSPS) is 15.3. The maximum Gasteiger partial charge on any atom is 0.352 e. The van der Waals surface area contributed by atoms with E-state index in [2.05, 4.69) is 0 Å². The van der Waals surface area contributed by atoms with Crippen LogP contribution in [0.15, 0.2) is 0 Å². The number of hydrogen-bond donors (Lipinski definition) is 1. The number of fused-ring (bicyclic) bond motifs is 1. The minimum atomic E-state index is -0.391. The van der Waals surface area contributed by atoms with E-state index in [0.717, 1.165) is 36.1 Å². The van der Waals surface area contributed by atoms with Crippen LogP contribution in [0.1, 0.15) is 46.3 Å². The summed E-state index contributed by atoms with van der Waals surface area (Å²) in [6, 6.07) is 0. The van der Waals surface area contributed by atoms with Crippen LogP contribution in [0.25, 0.3) is 0 Å². The average molecular weight is 240 g/mol. The van der Waals surface area contributed by atoms with Crippen molar-refractivity contribution >= 4 is 17.3 Å². The number of hydrogen-bond acceptors (Lipinski definition) is 4. The van der Waals surface area contributed by atoms with Gasteiger partial charge in [0, 0.05) is 10.4 Å². The van der Waals surface area contributed by atoms with Gasteiger partial charge in [-0.05, 0) is 32.6 Å². The number of aromatic hydroxyl groups is 1. The highest BCUT2D eigenvalue weighted by Gasteiger charge is 2.23. The maximum atomic E-state index is 11.6. The molecule has 16 heavy (non-hydrogen) atoms. The Balaban J connectivity index is 2.31. The van der Waals surface area contributed by atoms with Gasteiger partial charge in [-0.1, -0.05) is 6.42 Å². The molecule has 0 amide bonds. The predicted molar refractivity (Wildman–Crippen MR) is 63.2 cm³/mol. The summed E-state index contributed by atoms with van der Waals surface area (Å²) in [4.78, 5) is 13.1. The van der Waals surface area contributed by atoms with E-state index in [1.54, 1.807) is 6.92 Å². The van der Waals surface area contributed by atoms with Crippen LogP contribution in [0.4, 0.5) is 0 Å². The van der Waals surface area contributed by atoms with Crippen LogP contribution in [0, 0.1) is 0 Å². The lowest BCUT2D eigenvalue weighted by Gasteiger charge is -2.00. The van der Waals surface area contributed by atoms with E-state index in [4.69, 9.17) is 4.74 Å². The standard InChI is InChI=1S/C12H16O3S/c1-2-15-12(14)11-10(13)8-6-4-3-5-7-9(8)16-11/h13H,2-7H2,1H3. The van der Waals surface area contributed by atoms with Crippen molar-refractivity contribution in [1.82, 2.24) is 0 Å². The van der Waals surface area contributed by atoms with Crippen LogP contribution in [0.5, 0.6) is 5.75 Å². The van der Waals surface area contributed by atoms with E-state index in [-0.39, 0.29) is 5.75 Å². The second-order valence-electron chi connectivity index (χ2n) is 3.96. The molecule has 0 atom stereocenters. The lowest BCUT2D eigenvalue weighted by atomic mass is 10.1. The Morgan fingerprint density at radius 1 is 1.38 bits per heavy atom.